The van der Waals surface area contributed by atoms with Gasteiger partial charge >= 0.3 is 0 Å². The topological polar surface area (TPSA) is 17.0 Å². The molecule has 0 aliphatic heterocycles. The maximum Gasteiger partial charge on any atom is 0.216 e. The van der Waals surface area contributed by atoms with Gasteiger partial charge in [-0.2, -0.15) is 0 Å². The van der Waals surface area contributed by atoms with E-state index in [-0.39, 0.29) is 0 Å². The van der Waals surface area contributed by atoms with Gasteiger partial charge in [-0.3, -0.25) is 0 Å². The summed E-state index contributed by atoms with van der Waals surface area (Å²) in [7, 11) is 2.02. The fraction of sp³-hybridized carbons (Fsp3) is 0.171. The summed E-state index contributed by atoms with van der Waals surface area (Å²) >= 11 is 0. The monoisotopic (exact) mass is 484 g/mol. The van der Waals surface area contributed by atoms with Crippen LogP contribution in [0.5, 0.6) is 0 Å². The molecule has 37 heavy (non-hydrogen) atoms. The Morgan fingerprint density at radius 1 is 0.757 bits per heavy atom. The Kier molecular flexibility index (Phi) is 4.01. The SMILES string of the molecule is [2H]C1([2H])c2cccc(-c3cccc4c3oc3c(-c5cccc[n+]5C)c(C)ccc34)c2C([2H])([2H])C1(C)c1ccccc1. The van der Waals surface area contributed by atoms with Crippen LogP contribution in [0.4, 0.5) is 0 Å². The summed E-state index contributed by atoms with van der Waals surface area (Å²) in [6.07, 6.45) is -1.93. The smallest absolute Gasteiger partial charge is 0.216 e. The minimum atomic E-state index is -2.00. The zero-order chi connectivity index (χ0) is 28.7. The molecule has 2 aromatic heterocycles. The summed E-state index contributed by atoms with van der Waals surface area (Å²) in [6, 6.07) is 31.0. The van der Waals surface area contributed by atoms with Crippen molar-refractivity contribution in [1.82, 2.24) is 0 Å². The molecule has 2 heterocycles. The van der Waals surface area contributed by atoms with Crippen LogP contribution in [0.2, 0.25) is 0 Å². The Morgan fingerprint density at radius 2 is 1.51 bits per heavy atom. The van der Waals surface area contributed by atoms with Crippen molar-refractivity contribution in [3.8, 4) is 22.4 Å². The van der Waals surface area contributed by atoms with E-state index in [4.69, 9.17) is 4.42 Å². The maximum absolute atomic E-state index is 9.51. The van der Waals surface area contributed by atoms with Gasteiger partial charge in [-0.1, -0.05) is 85.8 Å². The lowest BCUT2D eigenvalue weighted by Gasteiger charge is -2.24. The minimum Gasteiger partial charge on any atom is -0.454 e. The summed E-state index contributed by atoms with van der Waals surface area (Å²) in [6.45, 7) is 3.80. The minimum absolute atomic E-state index is 0.382. The van der Waals surface area contributed by atoms with E-state index in [0.717, 1.165) is 38.7 Å². The number of aryl methyl sites for hydroxylation is 2. The van der Waals surface area contributed by atoms with Crippen molar-refractivity contribution in [3.63, 3.8) is 0 Å². The summed E-state index contributed by atoms with van der Waals surface area (Å²) in [5.41, 5.74) is 6.00. The van der Waals surface area contributed by atoms with Crippen LogP contribution in [0, 0.1) is 6.92 Å². The number of hydrogen-bond donors (Lipinski definition) is 0. The van der Waals surface area contributed by atoms with E-state index >= 15 is 0 Å². The van der Waals surface area contributed by atoms with Gasteiger partial charge in [-0.15, -0.1) is 0 Å². The molecule has 1 unspecified atom stereocenters. The summed E-state index contributed by atoms with van der Waals surface area (Å²) < 4.78 is 46.4. The van der Waals surface area contributed by atoms with Crippen molar-refractivity contribution in [1.29, 1.82) is 0 Å². The highest BCUT2D eigenvalue weighted by Crippen LogP contribution is 2.46. The van der Waals surface area contributed by atoms with Crippen molar-refractivity contribution in [2.24, 2.45) is 7.05 Å². The van der Waals surface area contributed by atoms with Gasteiger partial charge in [-0.25, -0.2) is 4.57 Å². The van der Waals surface area contributed by atoms with Gasteiger partial charge in [0.15, 0.2) is 6.20 Å². The fourth-order valence-corrected chi connectivity index (χ4v) is 5.76. The van der Waals surface area contributed by atoms with E-state index in [1.807, 2.05) is 86.0 Å². The van der Waals surface area contributed by atoms with E-state index in [9.17, 15) is 5.48 Å². The summed E-state index contributed by atoms with van der Waals surface area (Å²) in [5, 5.41) is 1.94. The third-order valence-electron chi connectivity index (χ3n) is 7.65. The second-order valence-electron chi connectivity index (χ2n) is 10.1. The van der Waals surface area contributed by atoms with Crippen molar-refractivity contribution in [3.05, 3.63) is 126 Å². The molecule has 4 aromatic carbocycles. The van der Waals surface area contributed by atoms with Crippen LogP contribution in [0.15, 0.2) is 108 Å². The largest absolute Gasteiger partial charge is 0.454 e. The zero-order valence-corrected chi connectivity index (χ0v) is 21.2. The van der Waals surface area contributed by atoms with Crippen molar-refractivity contribution in [2.75, 3.05) is 0 Å². The molecule has 1 aliphatic carbocycles. The fourth-order valence-electron chi connectivity index (χ4n) is 5.76. The molecular weight excluding hydrogens is 450 g/mol. The van der Waals surface area contributed by atoms with Crippen LogP contribution in [0.25, 0.3) is 44.3 Å². The van der Waals surface area contributed by atoms with Gasteiger partial charge in [0.2, 0.25) is 5.69 Å². The number of nitrogens with zero attached hydrogens (tertiary/aromatic N) is 1. The summed E-state index contributed by atoms with van der Waals surface area (Å²) in [4.78, 5) is 0. The number of aromatic nitrogens is 1. The molecule has 0 spiro atoms. The van der Waals surface area contributed by atoms with Crippen LogP contribution in [-0.4, -0.2) is 0 Å². The van der Waals surface area contributed by atoms with Gasteiger partial charge in [0.1, 0.15) is 18.2 Å². The molecule has 0 saturated heterocycles. The molecule has 0 amide bonds. The second-order valence-corrected chi connectivity index (χ2v) is 10.1. The number of para-hydroxylation sites is 1. The first-order chi connectivity index (χ1) is 19.6. The molecule has 6 aromatic rings. The zero-order valence-electron chi connectivity index (χ0n) is 25.2. The number of hydrogen-bond acceptors (Lipinski definition) is 1. The first-order valence-electron chi connectivity index (χ1n) is 14.7. The number of rotatable bonds is 3. The Balaban J connectivity index is 1.53. The lowest BCUT2D eigenvalue weighted by atomic mass is 9.79. The molecule has 2 nitrogen and oxygen atoms in total. The third-order valence-corrected chi connectivity index (χ3v) is 7.65. The van der Waals surface area contributed by atoms with Gasteiger partial charge in [-0.05, 0) is 53.6 Å². The Hall–Kier alpha value is -4.17. The Labute approximate surface area is 223 Å². The maximum atomic E-state index is 9.51. The highest BCUT2D eigenvalue weighted by atomic mass is 16.3. The Morgan fingerprint density at radius 3 is 2.35 bits per heavy atom. The lowest BCUT2D eigenvalue weighted by Crippen LogP contribution is -2.30. The molecule has 7 rings (SSSR count). The molecule has 0 radical (unpaired) electrons. The van der Waals surface area contributed by atoms with E-state index in [1.165, 1.54) is 0 Å². The quantitative estimate of drug-likeness (QED) is 0.232. The highest BCUT2D eigenvalue weighted by Gasteiger charge is 2.36. The standard InChI is InChI=1S/C35H30NO/c1-23-18-19-29-28-16-10-15-27(33(28)37-34(29)32(23)31-17-7-8-20-36(31)3)26-14-9-11-24-21-35(2,22-30(24)26)25-12-5-4-6-13-25/h4-20H,21-22H2,1-3H3/q+1/i21D2,22D2. The predicted octanol–water partition coefficient (Wildman–Crippen LogP) is 8.11. The van der Waals surface area contributed by atoms with E-state index in [2.05, 4.69) is 29.7 Å². The van der Waals surface area contributed by atoms with E-state index < -0.39 is 18.2 Å². The van der Waals surface area contributed by atoms with E-state index in [1.54, 1.807) is 13.0 Å². The number of fused-ring (bicyclic) bond motifs is 4. The van der Waals surface area contributed by atoms with Crippen LogP contribution < -0.4 is 4.57 Å². The molecule has 180 valence electrons. The van der Waals surface area contributed by atoms with Gasteiger partial charge in [0, 0.05) is 39.4 Å². The summed E-state index contributed by atoms with van der Waals surface area (Å²) in [5.74, 6) is 0. The third kappa shape index (κ3) is 3.36. The molecular formula is C35H30NO+. The number of benzene rings is 4. The molecule has 1 aliphatic rings. The van der Waals surface area contributed by atoms with Gasteiger partial charge in [0.05, 0.1) is 5.56 Å². The van der Waals surface area contributed by atoms with Gasteiger partial charge < -0.3 is 4.42 Å². The molecule has 0 saturated carbocycles. The number of pyridine rings is 1. The average Bonchev–Trinajstić information content (AvgIpc) is 3.40. The van der Waals surface area contributed by atoms with Crippen LogP contribution in [0.3, 0.4) is 0 Å². The first kappa shape index (κ1) is 18.1. The number of furan rings is 1. The highest BCUT2D eigenvalue weighted by molar-refractivity contribution is 6.13. The van der Waals surface area contributed by atoms with Crippen molar-refractivity contribution < 1.29 is 14.5 Å². The van der Waals surface area contributed by atoms with Crippen LogP contribution >= 0.6 is 0 Å². The molecule has 2 heteroatoms. The average molecular weight is 485 g/mol. The van der Waals surface area contributed by atoms with Gasteiger partial charge in [0.25, 0.3) is 0 Å². The van der Waals surface area contributed by atoms with E-state index in [0.29, 0.717) is 27.8 Å². The van der Waals surface area contributed by atoms with Crippen molar-refractivity contribution >= 4 is 21.9 Å². The van der Waals surface area contributed by atoms with Crippen LogP contribution in [0.1, 0.15) is 34.7 Å². The first-order valence-corrected chi connectivity index (χ1v) is 12.7. The second kappa shape index (κ2) is 8.18. The van der Waals surface area contributed by atoms with Crippen LogP contribution in [-0.2, 0) is 25.2 Å². The molecule has 0 fully saturated rings. The predicted molar refractivity (Wildman–Crippen MR) is 152 cm³/mol. The Bertz CT molecular complexity index is 1990. The molecule has 1 atom stereocenters. The molecule has 0 bridgehead atoms. The van der Waals surface area contributed by atoms with Crippen molar-refractivity contribution in [2.45, 2.75) is 32.0 Å². The normalized spacial score (nSPS) is 21.3. The molecule has 0 N–H and O–H groups in total. The lowest BCUT2D eigenvalue weighted by molar-refractivity contribution is -0.660.